The molecule has 35 nitrogen and oxygen atoms in total. The van der Waals surface area contributed by atoms with Gasteiger partial charge in [-0.25, -0.2) is 0 Å². The van der Waals surface area contributed by atoms with E-state index in [1.165, 1.54) is 0 Å². The van der Waals surface area contributed by atoms with E-state index in [0.29, 0.717) is 12.8 Å². The maximum Gasteiger partial charge on any atom is 0.192 e. The fourth-order valence-corrected chi connectivity index (χ4v) is 21.6. The average molecular weight is 2000 g/mol. The topological polar surface area (TPSA) is 466 Å². The molecule has 14 bridgehead atoms. The number of allylic oxidation sites excluding steroid dienone is 1. The van der Waals surface area contributed by atoms with E-state index in [1.54, 1.807) is 6.08 Å². The second-order valence-corrected chi connectivity index (χ2v) is 81.8. The molecule has 0 spiro atoms. The molecule has 0 aromatic carbocycles. The first-order valence-corrected chi connectivity index (χ1v) is 67.5. The Morgan fingerprint density at radius 3 is 0.519 bits per heavy atom. The van der Waals surface area contributed by atoms with Crippen LogP contribution in [0.5, 0.6) is 0 Å². The highest BCUT2D eigenvalue weighted by Crippen LogP contribution is 2.48. The molecule has 0 unspecified atom stereocenters. The largest absolute Gasteiger partial charge is 0.414 e. The number of hydrogen-bond acceptors (Lipinski definition) is 35. The number of aliphatic hydroxyl groups is 13. The van der Waals surface area contributed by atoms with Crippen LogP contribution in [0.4, 0.5) is 0 Å². The average Bonchev–Trinajstić information content (AvgIpc) is 0.846. The van der Waals surface area contributed by atoms with E-state index >= 15 is 0 Å². The van der Waals surface area contributed by atoms with Crippen LogP contribution in [0.15, 0.2) is 12.7 Å². The summed E-state index contributed by atoms with van der Waals surface area (Å²) in [5.74, 6) is 0. The summed E-state index contributed by atoms with van der Waals surface area (Å²) in [7, 11) is -19.7. The molecular formula is C89H176O35Si7. The lowest BCUT2D eigenvalue weighted by Crippen LogP contribution is -2.69. The molecule has 0 aromatic heterocycles. The zero-order valence-electron chi connectivity index (χ0n) is 85.4. The molecule has 21 heterocycles. The summed E-state index contributed by atoms with van der Waals surface area (Å²) >= 11 is 0. The van der Waals surface area contributed by atoms with Crippen LogP contribution in [0.1, 0.15) is 158 Å². The minimum atomic E-state index is -2.82. The first kappa shape index (κ1) is 116. The molecule has 21 saturated heterocycles. The Morgan fingerprint density at radius 1 is 0.221 bits per heavy atom. The molecule has 0 saturated carbocycles. The molecule has 0 amide bonds. The van der Waals surface area contributed by atoms with Crippen LogP contribution in [0.25, 0.3) is 0 Å². The van der Waals surface area contributed by atoms with Crippen molar-refractivity contribution in [3.63, 3.8) is 0 Å². The number of rotatable bonds is 26. The monoisotopic (exact) mass is 2000 g/mol. The van der Waals surface area contributed by atoms with Crippen molar-refractivity contribution in [3.05, 3.63) is 12.7 Å². The van der Waals surface area contributed by atoms with Crippen molar-refractivity contribution >= 4 is 58.2 Å². The molecular weight excluding hydrogens is 1830 g/mol. The molecule has 42 heteroatoms. The van der Waals surface area contributed by atoms with Gasteiger partial charge in [0.05, 0.1) is 46.2 Å². The first-order valence-electron chi connectivity index (χ1n) is 47.2. The molecule has 21 rings (SSSR count). The van der Waals surface area contributed by atoms with Gasteiger partial charge in [-0.1, -0.05) is 151 Å². The van der Waals surface area contributed by atoms with Crippen molar-refractivity contribution in [2.24, 2.45) is 0 Å². The Morgan fingerprint density at radius 2 is 0.366 bits per heavy atom. The summed E-state index contributed by atoms with van der Waals surface area (Å²) < 4.78 is 150. The predicted molar refractivity (Wildman–Crippen MR) is 504 cm³/mol. The van der Waals surface area contributed by atoms with Crippen molar-refractivity contribution in [1.29, 1.82) is 0 Å². The Labute approximate surface area is 787 Å². The first-order chi connectivity index (χ1) is 59.5. The number of unbranched alkanes of at least 4 members (excludes halogenated alkanes) is 1. The third-order valence-corrected chi connectivity index (χ3v) is 62.8. The lowest BCUT2D eigenvalue weighted by atomic mass is 9.95. The van der Waals surface area contributed by atoms with Gasteiger partial charge in [0.2, 0.25) is 0 Å². The summed E-state index contributed by atoms with van der Waals surface area (Å²) in [5.41, 5.74) is 0. The summed E-state index contributed by atoms with van der Waals surface area (Å²) in [4.78, 5) is 0. The van der Waals surface area contributed by atoms with Gasteiger partial charge in [-0.2, -0.15) is 0 Å². The van der Waals surface area contributed by atoms with Gasteiger partial charge in [0.1, 0.15) is 171 Å². The quantitative estimate of drug-likeness (QED) is 0.0222. The second-order valence-electron chi connectivity index (χ2n) is 48.1. The maximum absolute atomic E-state index is 13.3. The van der Waals surface area contributed by atoms with Crippen LogP contribution in [0, 0.1) is 0 Å². The lowest BCUT2D eigenvalue weighted by Gasteiger charge is -2.51. The Kier molecular flexibility index (Phi) is 38.8. The normalized spacial score (nSPS) is 39.4. The van der Waals surface area contributed by atoms with Gasteiger partial charge < -0.3 is 168 Å². The van der Waals surface area contributed by atoms with E-state index in [0.717, 1.165) is 0 Å². The van der Waals surface area contributed by atoms with E-state index in [9.17, 15) is 66.4 Å². The highest BCUT2D eigenvalue weighted by Gasteiger charge is 2.63. The minimum Gasteiger partial charge on any atom is -0.414 e. The third-order valence-electron chi connectivity index (χ3n) is 31.3. The van der Waals surface area contributed by atoms with Crippen molar-refractivity contribution in [3.8, 4) is 0 Å². The standard InChI is InChI=1S/C89H176O35Si7/c1-37-38-39-40-103-75-67(102)82-117-54(47-110-131(35,36)89(20,21)22)74(75)124-81-66(101)60(95)72(52(116-81)45-108-129(31,32)87(14,15)16)122-79-64(99)58(93)70(50(114-79)43-106-127(27,28)85(8,9)10)120-77-62(97)56(91)68(48(112-77)41-104-125(23,24)83(2,3)4)118-76-61(96)55(90)69(49(111-76)42-105-126(25,26)84(5,6)7)119-78-63(98)57(92)71(51(113-78)44-107-128(29,30)86(11,12)13)121-80-65(100)59(94)73(123-82)53(115-80)46-109-130(33,34)88(17,18)19/h37,48-82,90-102H,1,38-47H2,2-36H3/t48-,49+,50-,51+,52-,53+,54-,55+,56+,57-,58+,59-,60+,61+,62+,63-,64+,65+,66+,67+,68+,69+,70+,71+,72+,73+,74+,75-,76+,77+,78+,79+,80+,81+,82+/m1/s1. The SMILES string of the molecule is C=CCCCO[C@@H]1[C@H](O)[C@@H]2O[C@@H]3[C@H](O)[C@H](O)[C@H](O[C@@H]4[C@H](O)[C@@H](O)[C@H](O[C@@H]5[C@@H](O)[C@H](O)[C@H](O[C@@H]6[C@@H](O)[C@H](O)[C@H](O[C@@H]7[C@@H](O)[C@H](O)[C@H](O[C@@H]8[C@@H](O)[C@H](O)[C@H](O[C@H]1[C@@H](CO[Si](C)(C)C(C)(C)C)O2)O[C@@H]8CO[Si](C)(C)C(C)(C)C)O[C@@H]7CO[Si](C)(C)C(C)(C)C)O[C@@H]6CO[Si](C)(C)C(C)(C)C)O[C@H]5CO[Si](C)(C)C(C)(C)C)O[C@H]4CO[Si](C)(C)C(C)(C)C)O[C@H]3CO[Si](C)(C)C(C)(C)C. The maximum atomic E-state index is 13.3. The van der Waals surface area contributed by atoms with Gasteiger partial charge in [0, 0.05) is 6.61 Å². The van der Waals surface area contributed by atoms with E-state index in [2.05, 4.69) is 6.58 Å². The summed E-state index contributed by atoms with van der Waals surface area (Å²) in [6, 6.07) is 0. The van der Waals surface area contributed by atoms with Gasteiger partial charge in [-0.3, -0.25) is 0 Å². The predicted octanol–water partition coefficient (Wildman–Crippen LogP) is 7.97. The van der Waals surface area contributed by atoms with E-state index < -0.39 is 308 Å². The summed E-state index contributed by atoms with van der Waals surface area (Å²) in [5, 5.41) is 164. The Balaban J connectivity index is 1.34. The van der Waals surface area contributed by atoms with Crippen LogP contribution < -0.4 is 0 Å². The fraction of sp³-hybridized carbons (Fsp3) is 0.978. The van der Waals surface area contributed by atoms with Crippen LogP contribution >= 0.6 is 0 Å². The Hall–Kier alpha value is -0.142. The highest BCUT2D eigenvalue weighted by molar-refractivity contribution is 6.76. The van der Waals surface area contributed by atoms with Crippen molar-refractivity contribution in [2.75, 3.05) is 52.9 Å². The zero-order chi connectivity index (χ0) is 99.5. The van der Waals surface area contributed by atoms with Crippen LogP contribution in [0.2, 0.25) is 127 Å². The van der Waals surface area contributed by atoms with Crippen molar-refractivity contribution in [2.45, 2.75) is 500 Å². The van der Waals surface area contributed by atoms with Gasteiger partial charge >= 0.3 is 0 Å². The van der Waals surface area contributed by atoms with E-state index in [4.69, 9.17) is 102 Å². The van der Waals surface area contributed by atoms with Crippen molar-refractivity contribution < 1.29 is 168 Å². The van der Waals surface area contributed by atoms with Crippen molar-refractivity contribution in [1.82, 2.24) is 0 Å². The van der Waals surface area contributed by atoms with E-state index in [-0.39, 0.29) is 52.9 Å². The second kappa shape index (κ2) is 43.8. The molecule has 35 atom stereocenters. The van der Waals surface area contributed by atoms with Gasteiger partial charge in [-0.15, -0.1) is 6.58 Å². The third kappa shape index (κ3) is 27.3. The summed E-state index contributed by atoms with van der Waals surface area (Å²) in [6.45, 7) is 71.6. The molecule has 21 aliphatic rings. The zero-order valence-corrected chi connectivity index (χ0v) is 92.4. The number of aliphatic hydroxyl groups excluding tert-OH is 13. The lowest BCUT2D eigenvalue weighted by molar-refractivity contribution is -0.397. The molecule has 13 N–H and O–H groups in total. The fourth-order valence-electron chi connectivity index (χ4n) is 14.5. The van der Waals surface area contributed by atoms with Crippen LogP contribution in [-0.4, -0.2) is 392 Å². The van der Waals surface area contributed by atoms with Gasteiger partial charge in [0.25, 0.3) is 0 Å². The molecule has 770 valence electrons. The number of hydrogen-bond donors (Lipinski definition) is 13. The highest BCUT2D eigenvalue weighted by atomic mass is 28.4. The molecule has 21 fully saturated rings. The molecule has 21 aliphatic heterocycles. The Bertz CT molecular complexity index is 3450. The van der Waals surface area contributed by atoms with E-state index in [1.807, 2.05) is 237 Å². The van der Waals surface area contributed by atoms with Crippen LogP contribution in [-0.2, 0) is 102 Å². The van der Waals surface area contributed by atoms with Gasteiger partial charge in [0.15, 0.2) is 102 Å². The minimum absolute atomic E-state index is 0.0445. The molecule has 0 aromatic rings. The summed E-state index contributed by atoms with van der Waals surface area (Å²) in [6.07, 6.45) is -60.9. The van der Waals surface area contributed by atoms with Crippen LogP contribution in [0.3, 0.4) is 0 Å². The molecule has 131 heavy (non-hydrogen) atoms. The smallest absolute Gasteiger partial charge is 0.192 e. The molecule has 0 radical (unpaired) electrons. The molecule has 0 aliphatic carbocycles. The van der Waals surface area contributed by atoms with Gasteiger partial charge in [-0.05, 0) is 140 Å². The number of ether oxygens (including phenoxy) is 15.